The second kappa shape index (κ2) is 15.1. The Balaban J connectivity index is 1.36. The molecule has 2 aromatic rings. The predicted molar refractivity (Wildman–Crippen MR) is 163 cm³/mol. The number of likely N-dealkylation sites (tertiary alicyclic amines) is 1. The second-order valence-electron chi connectivity index (χ2n) is 10.6. The average Bonchev–Trinajstić information content (AvgIpc) is 3.00. The van der Waals surface area contributed by atoms with Gasteiger partial charge in [-0.15, -0.1) is 0 Å². The summed E-state index contributed by atoms with van der Waals surface area (Å²) < 4.78 is 0. The van der Waals surface area contributed by atoms with Crippen LogP contribution < -0.4 is 21.3 Å². The van der Waals surface area contributed by atoms with Crippen LogP contribution >= 0.6 is 23.2 Å². The van der Waals surface area contributed by atoms with Crippen LogP contribution in [0.3, 0.4) is 0 Å². The van der Waals surface area contributed by atoms with E-state index in [2.05, 4.69) is 42.2 Å². The lowest BCUT2D eigenvalue weighted by molar-refractivity contribution is 0.0609. The van der Waals surface area contributed by atoms with E-state index >= 15 is 0 Å². The maximum absolute atomic E-state index is 12.6. The fourth-order valence-corrected chi connectivity index (χ4v) is 6.18. The molecule has 2 amide bonds. The van der Waals surface area contributed by atoms with Crippen LogP contribution in [0.15, 0.2) is 18.2 Å². The van der Waals surface area contributed by atoms with Crippen LogP contribution in [0, 0.1) is 0 Å². The van der Waals surface area contributed by atoms with Gasteiger partial charge in [0.05, 0.1) is 13.2 Å². The normalized spacial score (nSPS) is 18.7. The van der Waals surface area contributed by atoms with Crippen molar-refractivity contribution in [3.05, 3.63) is 45.2 Å². The standard InChI is InChI=1S/C28H40Cl2N8O4/c1-2-20-17-37(26-24(30)34-23(25(31)35-26)28(42)33-8-14-40)11-12-38(20)21-5-9-36(10-6-21)16-18-3-4-19(29)15-22(18)27(41)32-7-13-39/h3-4,15,20-21,39-40H,2,5-14,16-17H2,1H3,(H2,31,35)(H,32,41)(H,33,42)/t20-/m0/s1. The van der Waals surface area contributed by atoms with Gasteiger partial charge in [-0.3, -0.25) is 19.4 Å². The van der Waals surface area contributed by atoms with Crippen molar-refractivity contribution in [2.24, 2.45) is 0 Å². The molecule has 1 aromatic carbocycles. The molecule has 2 aliphatic rings. The van der Waals surface area contributed by atoms with Crippen molar-refractivity contribution in [3.63, 3.8) is 0 Å². The van der Waals surface area contributed by atoms with Gasteiger partial charge in [0, 0.05) is 61.9 Å². The van der Waals surface area contributed by atoms with Crippen molar-refractivity contribution in [2.75, 3.05) is 69.7 Å². The first-order valence-corrected chi connectivity index (χ1v) is 15.1. The molecule has 0 radical (unpaired) electrons. The Labute approximate surface area is 256 Å². The highest BCUT2D eigenvalue weighted by Crippen LogP contribution is 2.30. The highest BCUT2D eigenvalue weighted by Gasteiger charge is 2.34. The molecule has 1 aromatic heterocycles. The molecule has 2 fully saturated rings. The number of halogens is 2. The Bertz CT molecular complexity index is 1240. The zero-order valence-electron chi connectivity index (χ0n) is 23.9. The number of carbonyl (C=O) groups is 2. The van der Waals surface area contributed by atoms with Crippen molar-refractivity contribution in [1.29, 1.82) is 0 Å². The summed E-state index contributed by atoms with van der Waals surface area (Å²) in [5, 5.41) is 23.9. The number of hydrogen-bond acceptors (Lipinski definition) is 10. The minimum absolute atomic E-state index is 0.00223. The number of piperidine rings is 1. The molecular formula is C28H40Cl2N8O4. The Morgan fingerprint density at radius 1 is 1.02 bits per heavy atom. The van der Waals surface area contributed by atoms with E-state index in [4.69, 9.17) is 39.1 Å². The van der Waals surface area contributed by atoms with Crippen molar-refractivity contribution >= 4 is 46.7 Å². The van der Waals surface area contributed by atoms with Crippen LogP contribution in [-0.2, 0) is 6.54 Å². The number of piperazine rings is 1. The van der Waals surface area contributed by atoms with E-state index in [0.29, 0.717) is 41.6 Å². The topological polar surface area (TPSA) is 160 Å². The third-order valence-corrected chi connectivity index (χ3v) is 8.40. The molecule has 14 heteroatoms. The van der Waals surface area contributed by atoms with E-state index in [9.17, 15) is 9.59 Å². The van der Waals surface area contributed by atoms with Gasteiger partial charge in [-0.25, -0.2) is 9.97 Å². The van der Waals surface area contributed by atoms with Crippen molar-refractivity contribution in [2.45, 2.75) is 44.8 Å². The number of hydrogen-bond donors (Lipinski definition) is 5. The van der Waals surface area contributed by atoms with Crippen molar-refractivity contribution in [3.8, 4) is 0 Å². The first kappa shape index (κ1) is 32.2. The summed E-state index contributed by atoms with van der Waals surface area (Å²) in [7, 11) is 0. The van der Waals surface area contributed by atoms with Gasteiger partial charge in [-0.2, -0.15) is 0 Å². The number of aromatic nitrogens is 2. The number of aliphatic hydroxyl groups is 2. The number of rotatable bonds is 11. The number of benzene rings is 1. The second-order valence-corrected chi connectivity index (χ2v) is 11.4. The van der Waals surface area contributed by atoms with Gasteiger partial charge in [-0.1, -0.05) is 36.2 Å². The lowest BCUT2D eigenvalue weighted by Gasteiger charge is -2.47. The Morgan fingerprint density at radius 2 is 1.71 bits per heavy atom. The number of nitrogen functional groups attached to an aromatic ring is 1. The number of nitrogens with zero attached hydrogens (tertiary/aromatic N) is 5. The number of aliphatic hydroxyl groups excluding tert-OH is 2. The van der Waals surface area contributed by atoms with Crippen molar-refractivity contribution in [1.82, 2.24) is 30.4 Å². The van der Waals surface area contributed by atoms with Gasteiger partial charge in [-0.05, 0) is 50.0 Å². The van der Waals surface area contributed by atoms with Gasteiger partial charge in [0.25, 0.3) is 11.8 Å². The molecule has 0 aliphatic carbocycles. The molecule has 230 valence electrons. The fourth-order valence-electron chi connectivity index (χ4n) is 5.76. The van der Waals surface area contributed by atoms with Crippen LogP contribution in [0.2, 0.25) is 10.2 Å². The highest BCUT2D eigenvalue weighted by molar-refractivity contribution is 6.32. The van der Waals surface area contributed by atoms with E-state index in [1.165, 1.54) is 0 Å². The molecule has 6 N–H and O–H groups in total. The summed E-state index contributed by atoms with van der Waals surface area (Å²) in [6.07, 6.45) is 2.98. The van der Waals surface area contributed by atoms with Gasteiger partial charge in [0.2, 0.25) is 0 Å². The molecule has 3 heterocycles. The van der Waals surface area contributed by atoms with Crippen LogP contribution in [0.25, 0.3) is 0 Å². The van der Waals surface area contributed by atoms with Crippen LogP contribution in [-0.4, -0.2) is 113 Å². The first-order valence-electron chi connectivity index (χ1n) is 14.4. The Hall–Kier alpha value is -2.74. The minimum atomic E-state index is -0.526. The third kappa shape index (κ3) is 7.80. The average molecular weight is 624 g/mol. The molecule has 42 heavy (non-hydrogen) atoms. The molecule has 2 aliphatic heterocycles. The molecule has 0 bridgehead atoms. The van der Waals surface area contributed by atoms with Gasteiger partial charge < -0.3 is 31.5 Å². The smallest absolute Gasteiger partial charge is 0.273 e. The zero-order chi connectivity index (χ0) is 30.2. The molecule has 4 rings (SSSR count). The number of anilines is 2. The summed E-state index contributed by atoms with van der Waals surface area (Å²) in [6.45, 7) is 6.89. The molecule has 0 saturated carbocycles. The Kier molecular flexibility index (Phi) is 11.6. The van der Waals surface area contributed by atoms with Gasteiger partial charge in [0.1, 0.15) is 0 Å². The number of nitrogens with two attached hydrogens (primary N) is 1. The number of amides is 2. The van der Waals surface area contributed by atoms with E-state index in [0.717, 1.165) is 51.0 Å². The number of carbonyl (C=O) groups excluding carboxylic acids is 2. The monoisotopic (exact) mass is 622 g/mol. The van der Waals surface area contributed by atoms with Crippen LogP contribution in [0.1, 0.15) is 52.6 Å². The van der Waals surface area contributed by atoms with Crippen molar-refractivity contribution < 1.29 is 19.8 Å². The van der Waals surface area contributed by atoms with E-state index in [1.54, 1.807) is 6.07 Å². The Morgan fingerprint density at radius 3 is 2.38 bits per heavy atom. The van der Waals surface area contributed by atoms with E-state index < -0.39 is 5.91 Å². The molecule has 0 spiro atoms. The SMILES string of the molecule is CC[C@H]1CN(c2nc(N)c(C(=O)NCCO)nc2Cl)CCN1C1CCN(Cc2ccc(Cl)cc2C(=O)NCCO)CC1. The van der Waals surface area contributed by atoms with Gasteiger partial charge in [0.15, 0.2) is 22.5 Å². The summed E-state index contributed by atoms with van der Waals surface area (Å²) in [5.41, 5.74) is 7.48. The molecule has 12 nitrogen and oxygen atoms in total. The zero-order valence-corrected chi connectivity index (χ0v) is 25.4. The minimum Gasteiger partial charge on any atom is -0.395 e. The van der Waals surface area contributed by atoms with Gasteiger partial charge >= 0.3 is 0 Å². The number of nitrogens with one attached hydrogen (secondary N) is 2. The lowest BCUT2D eigenvalue weighted by Crippen LogP contribution is -2.58. The quantitative estimate of drug-likeness (QED) is 0.248. The fraction of sp³-hybridized carbons (Fsp3) is 0.571. The third-order valence-electron chi connectivity index (χ3n) is 7.91. The summed E-state index contributed by atoms with van der Waals surface area (Å²) in [4.78, 5) is 40.6. The molecule has 2 saturated heterocycles. The maximum atomic E-state index is 12.6. The molecular weight excluding hydrogens is 583 g/mol. The summed E-state index contributed by atoms with van der Waals surface area (Å²) in [5.74, 6) is -0.279. The van der Waals surface area contributed by atoms with E-state index in [-0.39, 0.29) is 48.9 Å². The van der Waals surface area contributed by atoms with Crippen LogP contribution in [0.4, 0.5) is 11.6 Å². The summed E-state index contributed by atoms with van der Waals surface area (Å²) in [6, 6.07) is 6.13. The van der Waals surface area contributed by atoms with E-state index in [1.807, 2.05) is 12.1 Å². The maximum Gasteiger partial charge on any atom is 0.273 e. The summed E-state index contributed by atoms with van der Waals surface area (Å²) >= 11 is 12.6. The first-order chi connectivity index (χ1) is 20.2. The lowest BCUT2D eigenvalue weighted by atomic mass is 9.97. The predicted octanol–water partition coefficient (Wildman–Crippen LogP) is 1.38. The largest absolute Gasteiger partial charge is 0.395 e. The molecule has 1 atom stereocenters. The van der Waals surface area contributed by atoms with Crippen LogP contribution in [0.5, 0.6) is 0 Å². The highest BCUT2D eigenvalue weighted by atomic mass is 35.5. The molecule has 0 unspecified atom stereocenters.